The second-order valence-electron chi connectivity index (χ2n) is 5.42. The molecule has 0 heterocycles. The number of nitrogens with one attached hydrogen (secondary N) is 1. The van der Waals surface area contributed by atoms with Crippen LogP contribution in [0, 0.1) is 11.8 Å². The van der Waals surface area contributed by atoms with Crippen molar-refractivity contribution in [3.05, 3.63) is 28.2 Å². The molecule has 1 saturated carbocycles. The van der Waals surface area contributed by atoms with Crippen LogP contribution in [0.25, 0.3) is 0 Å². The molecule has 0 saturated heterocycles. The van der Waals surface area contributed by atoms with Gasteiger partial charge in [0.2, 0.25) is 0 Å². The fourth-order valence-corrected chi connectivity index (χ4v) is 3.21. The first-order valence-electron chi connectivity index (χ1n) is 6.88. The molecule has 3 N–H and O–H groups in total. The van der Waals surface area contributed by atoms with E-state index >= 15 is 0 Å². The van der Waals surface area contributed by atoms with Gasteiger partial charge < -0.3 is 11.1 Å². The molecule has 1 aromatic rings. The molecule has 104 valence electrons. The van der Waals surface area contributed by atoms with Gasteiger partial charge in [-0.15, -0.1) is 0 Å². The maximum absolute atomic E-state index is 12.2. The minimum Gasteiger partial charge on any atom is -0.398 e. The van der Waals surface area contributed by atoms with E-state index in [1.54, 1.807) is 12.1 Å². The third-order valence-electron chi connectivity index (χ3n) is 4.33. The first-order valence-corrected chi connectivity index (χ1v) is 7.68. The van der Waals surface area contributed by atoms with Crippen molar-refractivity contribution in [3.63, 3.8) is 0 Å². The predicted molar refractivity (Wildman–Crippen MR) is 82.0 cm³/mol. The van der Waals surface area contributed by atoms with Gasteiger partial charge in [0.15, 0.2) is 0 Å². The van der Waals surface area contributed by atoms with Gasteiger partial charge in [-0.1, -0.05) is 20.3 Å². The molecule has 0 spiro atoms. The molecule has 1 fully saturated rings. The van der Waals surface area contributed by atoms with Gasteiger partial charge in [0.25, 0.3) is 5.91 Å². The lowest BCUT2D eigenvalue weighted by atomic mass is 9.93. The Morgan fingerprint density at radius 2 is 2.21 bits per heavy atom. The van der Waals surface area contributed by atoms with Crippen LogP contribution in [0.4, 0.5) is 5.69 Å². The van der Waals surface area contributed by atoms with Crippen LogP contribution in [0.2, 0.25) is 0 Å². The number of halogens is 1. The summed E-state index contributed by atoms with van der Waals surface area (Å²) in [5.74, 6) is 1.27. The molecule has 3 unspecified atom stereocenters. The zero-order valence-electron chi connectivity index (χ0n) is 11.4. The van der Waals surface area contributed by atoms with E-state index in [1.165, 1.54) is 12.8 Å². The van der Waals surface area contributed by atoms with E-state index in [-0.39, 0.29) is 5.91 Å². The van der Waals surface area contributed by atoms with E-state index in [9.17, 15) is 4.79 Å². The smallest absolute Gasteiger partial charge is 0.251 e. The largest absolute Gasteiger partial charge is 0.398 e. The van der Waals surface area contributed by atoms with Gasteiger partial charge in [0.1, 0.15) is 0 Å². The van der Waals surface area contributed by atoms with E-state index in [0.717, 1.165) is 16.8 Å². The SMILES string of the molecule is CCC1CCC(NC(=O)c2ccc(Br)c(N)c2)C1C. The summed E-state index contributed by atoms with van der Waals surface area (Å²) < 4.78 is 0.823. The molecule has 0 aliphatic heterocycles. The molecule has 2 rings (SSSR count). The number of nitrogen functional groups attached to an aromatic ring is 1. The third-order valence-corrected chi connectivity index (χ3v) is 5.05. The summed E-state index contributed by atoms with van der Waals surface area (Å²) in [7, 11) is 0. The highest BCUT2D eigenvalue weighted by Gasteiger charge is 2.32. The standard InChI is InChI=1S/C15H21BrN2O/c1-3-10-5-7-14(9(10)2)18-15(19)11-4-6-12(16)13(17)8-11/h4,6,8-10,14H,3,5,7,17H2,1-2H3,(H,18,19). The van der Waals surface area contributed by atoms with Crippen LogP contribution in [0.3, 0.4) is 0 Å². The summed E-state index contributed by atoms with van der Waals surface area (Å²) in [5, 5.41) is 3.15. The molecule has 0 aromatic heterocycles. The Labute approximate surface area is 123 Å². The number of anilines is 1. The fourth-order valence-electron chi connectivity index (χ4n) is 2.96. The van der Waals surface area contributed by atoms with Crippen LogP contribution < -0.4 is 11.1 Å². The van der Waals surface area contributed by atoms with Crippen molar-refractivity contribution in [1.29, 1.82) is 0 Å². The van der Waals surface area contributed by atoms with Crippen LogP contribution in [0.1, 0.15) is 43.5 Å². The maximum atomic E-state index is 12.2. The highest BCUT2D eigenvalue weighted by molar-refractivity contribution is 9.10. The van der Waals surface area contributed by atoms with Crippen molar-refractivity contribution in [2.24, 2.45) is 11.8 Å². The zero-order valence-corrected chi connectivity index (χ0v) is 13.0. The Morgan fingerprint density at radius 3 is 2.79 bits per heavy atom. The Morgan fingerprint density at radius 1 is 1.47 bits per heavy atom. The van der Waals surface area contributed by atoms with Crippen molar-refractivity contribution in [1.82, 2.24) is 5.32 Å². The summed E-state index contributed by atoms with van der Waals surface area (Å²) in [6, 6.07) is 5.63. The Hall–Kier alpha value is -1.03. The second-order valence-corrected chi connectivity index (χ2v) is 6.28. The molecular formula is C15H21BrN2O. The fraction of sp³-hybridized carbons (Fsp3) is 0.533. The topological polar surface area (TPSA) is 55.1 Å². The maximum Gasteiger partial charge on any atom is 0.251 e. The number of hydrogen-bond donors (Lipinski definition) is 2. The molecule has 3 atom stereocenters. The van der Waals surface area contributed by atoms with Crippen molar-refractivity contribution >= 4 is 27.5 Å². The lowest BCUT2D eigenvalue weighted by molar-refractivity contribution is 0.0926. The molecule has 0 radical (unpaired) electrons. The van der Waals surface area contributed by atoms with Gasteiger partial charge in [-0.25, -0.2) is 0 Å². The lowest BCUT2D eigenvalue weighted by Gasteiger charge is -2.21. The lowest BCUT2D eigenvalue weighted by Crippen LogP contribution is -2.37. The van der Waals surface area contributed by atoms with Gasteiger partial charge >= 0.3 is 0 Å². The third kappa shape index (κ3) is 3.11. The van der Waals surface area contributed by atoms with Crippen LogP contribution in [-0.2, 0) is 0 Å². The van der Waals surface area contributed by atoms with E-state index in [2.05, 4.69) is 35.1 Å². The van der Waals surface area contributed by atoms with Crippen molar-refractivity contribution in [2.75, 3.05) is 5.73 Å². The highest BCUT2D eigenvalue weighted by atomic mass is 79.9. The quantitative estimate of drug-likeness (QED) is 0.835. The predicted octanol–water partition coefficient (Wildman–Crippen LogP) is 3.59. The molecule has 1 aromatic carbocycles. The number of carbonyl (C=O) groups excluding carboxylic acids is 1. The number of hydrogen-bond acceptors (Lipinski definition) is 2. The summed E-state index contributed by atoms with van der Waals surface area (Å²) >= 11 is 3.34. The summed E-state index contributed by atoms with van der Waals surface area (Å²) in [5.41, 5.74) is 7.04. The van der Waals surface area contributed by atoms with Crippen molar-refractivity contribution in [2.45, 2.75) is 39.2 Å². The van der Waals surface area contributed by atoms with Crippen molar-refractivity contribution in [3.8, 4) is 0 Å². The minimum absolute atomic E-state index is 0.0206. The molecule has 3 nitrogen and oxygen atoms in total. The Bertz CT molecular complexity index is 475. The average Bonchev–Trinajstić information content (AvgIpc) is 2.73. The molecule has 1 aliphatic rings. The summed E-state index contributed by atoms with van der Waals surface area (Å²) in [4.78, 5) is 12.2. The second kappa shape index (κ2) is 5.95. The summed E-state index contributed by atoms with van der Waals surface area (Å²) in [6.07, 6.45) is 3.49. The van der Waals surface area contributed by atoms with Crippen LogP contribution in [0.5, 0.6) is 0 Å². The average molecular weight is 325 g/mol. The highest BCUT2D eigenvalue weighted by Crippen LogP contribution is 2.34. The Balaban J connectivity index is 2.03. The first kappa shape index (κ1) is 14.4. The van der Waals surface area contributed by atoms with Gasteiger partial charge in [-0.3, -0.25) is 4.79 Å². The number of rotatable bonds is 3. The van der Waals surface area contributed by atoms with E-state index in [4.69, 9.17) is 5.73 Å². The van der Waals surface area contributed by atoms with E-state index in [1.807, 2.05) is 6.07 Å². The molecule has 4 heteroatoms. The van der Waals surface area contributed by atoms with E-state index < -0.39 is 0 Å². The van der Waals surface area contributed by atoms with Crippen molar-refractivity contribution < 1.29 is 4.79 Å². The number of amides is 1. The van der Waals surface area contributed by atoms with Gasteiger partial charge in [0.05, 0.1) is 0 Å². The Kier molecular flexibility index (Phi) is 4.50. The molecule has 1 aliphatic carbocycles. The van der Waals surface area contributed by atoms with Gasteiger partial charge in [0, 0.05) is 21.8 Å². The monoisotopic (exact) mass is 324 g/mol. The summed E-state index contributed by atoms with van der Waals surface area (Å²) in [6.45, 7) is 4.46. The number of carbonyl (C=O) groups is 1. The van der Waals surface area contributed by atoms with Gasteiger partial charge in [-0.05, 0) is 58.8 Å². The number of benzene rings is 1. The zero-order chi connectivity index (χ0) is 14.0. The first-order chi connectivity index (χ1) is 9.02. The van der Waals surface area contributed by atoms with Crippen LogP contribution in [0.15, 0.2) is 22.7 Å². The van der Waals surface area contributed by atoms with Gasteiger partial charge in [-0.2, -0.15) is 0 Å². The van der Waals surface area contributed by atoms with E-state index in [0.29, 0.717) is 23.2 Å². The molecule has 19 heavy (non-hydrogen) atoms. The molecular weight excluding hydrogens is 304 g/mol. The van der Waals surface area contributed by atoms with Crippen LogP contribution in [-0.4, -0.2) is 11.9 Å². The van der Waals surface area contributed by atoms with Crippen LogP contribution >= 0.6 is 15.9 Å². The molecule has 0 bridgehead atoms. The minimum atomic E-state index is -0.0206. The number of nitrogens with two attached hydrogens (primary N) is 1. The molecule has 1 amide bonds. The normalized spacial score (nSPS) is 26.4.